The Kier molecular flexibility index (Phi) is 5.32. The summed E-state index contributed by atoms with van der Waals surface area (Å²) in [5, 5.41) is 0. The third kappa shape index (κ3) is 3.95. The van der Waals surface area contributed by atoms with Crippen LogP contribution in [0.4, 0.5) is 11.4 Å². The van der Waals surface area contributed by atoms with Gasteiger partial charge in [-0.15, -0.1) is 0 Å². The first-order valence-electron chi connectivity index (χ1n) is 13.7. The van der Waals surface area contributed by atoms with E-state index < -0.39 is 0 Å². The van der Waals surface area contributed by atoms with Crippen molar-refractivity contribution >= 4 is 44.7 Å². The van der Waals surface area contributed by atoms with Crippen LogP contribution in [0.2, 0.25) is 0 Å². The minimum atomic E-state index is 0.817. The van der Waals surface area contributed by atoms with Gasteiger partial charge in [0.1, 0.15) is 11.3 Å². The molecule has 0 bridgehead atoms. The Hall–Kier alpha value is -4.06. The molecule has 0 amide bonds. The van der Waals surface area contributed by atoms with Gasteiger partial charge in [0.15, 0.2) is 0 Å². The van der Waals surface area contributed by atoms with Gasteiger partial charge in [-0.3, -0.25) is 8.80 Å². The van der Waals surface area contributed by atoms with E-state index in [1.807, 2.05) is 0 Å². The van der Waals surface area contributed by atoms with Crippen molar-refractivity contribution in [3.8, 4) is 0 Å². The van der Waals surface area contributed by atoms with Crippen LogP contribution in [-0.2, 0) is 0 Å². The highest BCUT2D eigenvalue weighted by Gasteiger charge is 2.24. The molecule has 4 aromatic heterocycles. The molecule has 8 rings (SSSR count). The molecule has 6 nitrogen and oxygen atoms in total. The number of pyridine rings is 2. The molecule has 6 aromatic rings. The number of imidazole rings is 2. The van der Waals surface area contributed by atoms with Gasteiger partial charge in [0, 0.05) is 62.1 Å². The number of hydrogen-bond donors (Lipinski definition) is 0. The Labute approximate surface area is 223 Å². The second-order valence-electron chi connectivity index (χ2n) is 11.5. The molecule has 0 unspecified atom stereocenters. The summed E-state index contributed by atoms with van der Waals surface area (Å²) in [7, 11) is 0. The van der Waals surface area contributed by atoms with E-state index in [1.165, 1.54) is 33.5 Å². The lowest BCUT2D eigenvalue weighted by Gasteiger charge is -2.39. The van der Waals surface area contributed by atoms with Crippen molar-refractivity contribution < 1.29 is 0 Å². The van der Waals surface area contributed by atoms with Crippen LogP contribution in [0.15, 0.2) is 73.1 Å². The summed E-state index contributed by atoms with van der Waals surface area (Å²) < 4.78 is 4.35. The Bertz CT molecular complexity index is 1670. The van der Waals surface area contributed by atoms with E-state index in [2.05, 4.69) is 119 Å². The lowest BCUT2D eigenvalue weighted by Crippen LogP contribution is -2.45. The van der Waals surface area contributed by atoms with Crippen molar-refractivity contribution in [3.63, 3.8) is 0 Å². The van der Waals surface area contributed by atoms with Gasteiger partial charge in [0.05, 0.1) is 22.1 Å². The van der Waals surface area contributed by atoms with E-state index in [1.54, 1.807) is 0 Å². The molecule has 2 aliphatic heterocycles. The van der Waals surface area contributed by atoms with Crippen molar-refractivity contribution in [1.82, 2.24) is 18.8 Å². The highest BCUT2D eigenvalue weighted by Crippen LogP contribution is 2.28. The second kappa shape index (κ2) is 8.76. The SMILES string of the molecule is Cc1ccc2nc3cc(N4CC(C)C4)ccn3c2c1.Cc1ccc2nc3cc(N4CC(C)C4)ccn3c2c1. The maximum atomic E-state index is 4.71. The van der Waals surface area contributed by atoms with E-state index in [-0.39, 0.29) is 0 Å². The number of nitrogens with zero attached hydrogens (tertiary/aromatic N) is 6. The van der Waals surface area contributed by atoms with Crippen molar-refractivity contribution in [2.45, 2.75) is 27.7 Å². The summed E-state index contributed by atoms with van der Waals surface area (Å²) in [5.74, 6) is 1.63. The number of rotatable bonds is 2. The number of benzene rings is 2. The van der Waals surface area contributed by atoms with Crippen LogP contribution in [0, 0.1) is 25.7 Å². The largest absolute Gasteiger partial charge is 0.371 e. The number of anilines is 2. The van der Waals surface area contributed by atoms with E-state index in [4.69, 9.17) is 9.97 Å². The fraction of sp³-hybridized carbons (Fsp3) is 0.312. The summed E-state index contributed by atoms with van der Waals surface area (Å²) in [6, 6.07) is 21.6. The number of aromatic nitrogens is 4. The van der Waals surface area contributed by atoms with Crippen LogP contribution in [-0.4, -0.2) is 44.9 Å². The molecule has 0 saturated carbocycles. The first-order valence-corrected chi connectivity index (χ1v) is 13.7. The fourth-order valence-corrected chi connectivity index (χ4v) is 5.84. The van der Waals surface area contributed by atoms with Gasteiger partial charge in [-0.2, -0.15) is 0 Å². The predicted octanol–water partition coefficient (Wildman–Crippen LogP) is 6.50. The van der Waals surface area contributed by atoms with Gasteiger partial charge in [-0.05, 0) is 73.2 Å². The van der Waals surface area contributed by atoms with Crippen LogP contribution in [0.25, 0.3) is 33.4 Å². The summed E-state index contributed by atoms with van der Waals surface area (Å²) in [6.07, 6.45) is 4.28. The Morgan fingerprint density at radius 1 is 0.579 bits per heavy atom. The fourth-order valence-electron chi connectivity index (χ4n) is 5.84. The van der Waals surface area contributed by atoms with Gasteiger partial charge in [-0.25, -0.2) is 9.97 Å². The zero-order valence-electron chi connectivity index (χ0n) is 22.6. The van der Waals surface area contributed by atoms with Crippen molar-refractivity contribution in [2.24, 2.45) is 11.8 Å². The number of hydrogen-bond acceptors (Lipinski definition) is 4. The van der Waals surface area contributed by atoms with Gasteiger partial charge < -0.3 is 9.80 Å². The number of fused-ring (bicyclic) bond motifs is 6. The standard InChI is InChI=1S/2C16H17N3/c2*1-11-3-4-14-15(7-11)19-6-5-13(8-16(19)17-14)18-9-12(2)10-18/h2*3-8,12H,9-10H2,1-2H3. The highest BCUT2D eigenvalue weighted by molar-refractivity contribution is 5.83. The Balaban J connectivity index is 0.000000127. The molecule has 2 aliphatic rings. The van der Waals surface area contributed by atoms with E-state index in [9.17, 15) is 0 Å². The smallest absolute Gasteiger partial charge is 0.139 e. The molecule has 0 radical (unpaired) electrons. The molecule has 192 valence electrons. The first kappa shape index (κ1) is 23.1. The van der Waals surface area contributed by atoms with Gasteiger partial charge in [0.25, 0.3) is 0 Å². The normalized spacial score (nSPS) is 16.2. The average Bonchev–Trinajstić information content (AvgIpc) is 3.41. The monoisotopic (exact) mass is 502 g/mol. The van der Waals surface area contributed by atoms with Crippen LogP contribution in [0.3, 0.4) is 0 Å². The quantitative estimate of drug-likeness (QED) is 0.271. The molecule has 0 spiro atoms. The summed E-state index contributed by atoms with van der Waals surface area (Å²) >= 11 is 0. The molecule has 38 heavy (non-hydrogen) atoms. The van der Waals surface area contributed by atoms with Crippen molar-refractivity contribution in [2.75, 3.05) is 36.0 Å². The van der Waals surface area contributed by atoms with Crippen LogP contribution in [0.5, 0.6) is 0 Å². The molecule has 6 heterocycles. The highest BCUT2D eigenvalue weighted by atomic mass is 15.2. The molecule has 2 fully saturated rings. The van der Waals surface area contributed by atoms with Gasteiger partial charge in [-0.1, -0.05) is 26.0 Å². The maximum absolute atomic E-state index is 4.71. The van der Waals surface area contributed by atoms with Crippen LogP contribution in [0.1, 0.15) is 25.0 Å². The molecular weight excluding hydrogens is 468 g/mol. The topological polar surface area (TPSA) is 41.1 Å². The Morgan fingerprint density at radius 3 is 1.39 bits per heavy atom. The van der Waals surface area contributed by atoms with E-state index >= 15 is 0 Å². The Morgan fingerprint density at radius 2 is 1.00 bits per heavy atom. The molecular formula is C32H34N6. The van der Waals surface area contributed by atoms with Gasteiger partial charge >= 0.3 is 0 Å². The van der Waals surface area contributed by atoms with Crippen LogP contribution < -0.4 is 9.80 Å². The molecule has 2 aromatic carbocycles. The zero-order chi connectivity index (χ0) is 26.0. The lowest BCUT2D eigenvalue weighted by molar-refractivity contribution is 0.447. The van der Waals surface area contributed by atoms with E-state index in [0.29, 0.717) is 0 Å². The maximum Gasteiger partial charge on any atom is 0.139 e. The molecule has 0 N–H and O–H groups in total. The van der Waals surface area contributed by atoms with E-state index in [0.717, 1.165) is 60.3 Å². The molecule has 0 aliphatic carbocycles. The van der Waals surface area contributed by atoms with Crippen molar-refractivity contribution in [1.29, 1.82) is 0 Å². The minimum Gasteiger partial charge on any atom is -0.371 e. The zero-order valence-corrected chi connectivity index (χ0v) is 22.6. The second-order valence-corrected chi connectivity index (χ2v) is 11.5. The average molecular weight is 503 g/mol. The molecule has 2 saturated heterocycles. The number of aryl methyl sites for hydroxylation is 2. The molecule has 0 atom stereocenters. The summed E-state index contributed by atoms with van der Waals surface area (Å²) in [6.45, 7) is 13.5. The summed E-state index contributed by atoms with van der Waals surface area (Å²) in [5.41, 5.74) is 11.7. The predicted molar refractivity (Wildman–Crippen MR) is 158 cm³/mol. The third-order valence-electron chi connectivity index (χ3n) is 7.95. The van der Waals surface area contributed by atoms with Crippen molar-refractivity contribution in [3.05, 3.63) is 84.2 Å². The van der Waals surface area contributed by atoms with Gasteiger partial charge in [0.2, 0.25) is 0 Å². The summed E-state index contributed by atoms with van der Waals surface area (Å²) in [4.78, 5) is 14.3. The first-order chi connectivity index (χ1) is 18.4. The molecule has 6 heteroatoms. The third-order valence-corrected chi connectivity index (χ3v) is 7.95. The van der Waals surface area contributed by atoms with Crippen LogP contribution >= 0.6 is 0 Å². The minimum absolute atomic E-state index is 0.817. The lowest BCUT2D eigenvalue weighted by atomic mass is 10.0.